The highest BCUT2D eigenvalue weighted by Gasteiger charge is 2.07. The molecule has 1 atom stereocenters. The van der Waals surface area contributed by atoms with Gasteiger partial charge in [0.25, 0.3) is 0 Å². The normalized spacial score (nSPS) is 11.9. The fourth-order valence-electron chi connectivity index (χ4n) is 1.52. The predicted molar refractivity (Wildman–Crippen MR) is 71.0 cm³/mol. The molecule has 0 aliphatic carbocycles. The Kier molecular flexibility index (Phi) is 3.82. The van der Waals surface area contributed by atoms with Crippen LogP contribution >= 0.6 is 0 Å². The molecule has 0 fully saturated rings. The Bertz CT molecular complexity index is 561. The van der Waals surface area contributed by atoms with Crippen molar-refractivity contribution in [1.82, 2.24) is 4.98 Å². The molecular weight excluding hydrogens is 246 g/mol. The van der Waals surface area contributed by atoms with E-state index >= 15 is 0 Å². The minimum absolute atomic E-state index is 0.149. The molecule has 1 aromatic carbocycles. The van der Waals surface area contributed by atoms with E-state index in [1.165, 1.54) is 6.26 Å². The number of aliphatic hydroxyl groups excluding tert-OH is 1. The zero-order valence-electron chi connectivity index (χ0n) is 10.7. The number of nitrogens with zero attached hydrogens (tertiary/aromatic N) is 1. The first kappa shape index (κ1) is 13.1. The van der Waals surface area contributed by atoms with Crippen LogP contribution in [0.15, 0.2) is 34.9 Å². The molecule has 2 amide bonds. The molecule has 0 aliphatic heterocycles. The summed E-state index contributed by atoms with van der Waals surface area (Å²) in [6, 6.07) is 6.62. The summed E-state index contributed by atoms with van der Waals surface area (Å²) in [6.45, 7) is 3.45. The number of oxazole rings is 1. The van der Waals surface area contributed by atoms with E-state index in [0.717, 1.165) is 5.56 Å². The topological polar surface area (TPSA) is 87.4 Å². The number of aliphatic hydroxyl groups is 1. The van der Waals surface area contributed by atoms with Crippen LogP contribution in [0.2, 0.25) is 0 Å². The van der Waals surface area contributed by atoms with Crippen LogP contribution in [0, 0.1) is 6.92 Å². The maximum absolute atomic E-state index is 11.6. The molecule has 1 aromatic heterocycles. The second-order valence-electron chi connectivity index (χ2n) is 4.17. The molecule has 0 bridgehead atoms. The molecule has 0 aliphatic rings. The number of urea groups is 1. The van der Waals surface area contributed by atoms with E-state index in [4.69, 9.17) is 4.42 Å². The first-order valence-electron chi connectivity index (χ1n) is 5.83. The Morgan fingerprint density at radius 2 is 2.00 bits per heavy atom. The Morgan fingerprint density at radius 3 is 2.53 bits per heavy atom. The summed E-state index contributed by atoms with van der Waals surface area (Å²) < 4.78 is 5.01. The highest BCUT2D eigenvalue weighted by Crippen LogP contribution is 2.16. The van der Waals surface area contributed by atoms with Crippen molar-refractivity contribution in [3.8, 4) is 0 Å². The Balaban J connectivity index is 1.95. The minimum Gasteiger partial charge on any atom is -0.432 e. The second-order valence-corrected chi connectivity index (χ2v) is 4.17. The molecule has 100 valence electrons. The van der Waals surface area contributed by atoms with Crippen molar-refractivity contribution in [1.29, 1.82) is 0 Å². The standard InChI is InChI=1S/C13H15N3O3/c1-8-7-19-13(14-8)16-12(18)15-11-5-3-10(4-6-11)9(2)17/h3-7,9,17H,1-2H3,(H2,14,15,16,18). The van der Waals surface area contributed by atoms with Crippen molar-refractivity contribution in [3.05, 3.63) is 41.8 Å². The maximum Gasteiger partial charge on any atom is 0.327 e. The first-order valence-corrected chi connectivity index (χ1v) is 5.83. The average Bonchev–Trinajstić information content (AvgIpc) is 2.75. The monoisotopic (exact) mass is 261 g/mol. The zero-order valence-corrected chi connectivity index (χ0v) is 10.7. The Morgan fingerprint density at radius 1 is 1.32 bits per heavy atom. The molecule has 6 heteroatoms. The number of benzene rings is 1. The number of aromatic nitrogens is 1. The zero-order chi connectivity index (χ0) is 13.8. The van der Waals surface area contributed by atoms with Crippen LogP contribution in [0.3, 0.4) is 0 Å². The van der Waals surface area contributed by atoms with Crippen molar-refractivity contribution < 1.29 is 14.3 Å². The van der Waals surface area contributed by atoms with Gasteiger partial charge in [-0.3, -0.25) is 5.32 Å². The van der Waals surface area contributed by atoms with Gasteiger partial charge in [0.1, 0.15) is 6.26 Å². The van der Waals surface area contributed by atoms with E-state index in [1.807, 2.05) is 0 Å². The van der Waals surface area contributed by atoms with Crippen LogP contribution in [0.25, 0.3) is 0 Å². The lowest BCUT2D eigenvalue weighted by Crippen LogP contribution is -2.19. The summed E-state index contributed by atoms with van der Waals surface area (Å²) in [5, 5.41) is 14.5. The number of rotatable bonds is 3. The van der Waals surface area contributed by atoms with E-state index in [0.29, 0.717) is 11.4 Å². The first-order chi connectivity index (χ1) is 9.04. The number of anilines is 2. The van der Waals surface area contributed by atoms with E-state index in [-0.39, 0.29) is 6.01 Å². The van der Waals surface area contributed by atoms with Crippen LogP contribution in [0.1, 0.15) is 24.3 Å². The third-order valence-corrected chi connectivity index (χ3v) is 2.49. The predicted octanol–water partition coefficient (Wildman–Crippen LogP) is 2.68. The molecule has 2 rings (SSSR count). The highest BCUT2D eigenvalue weighted by molar-refractivity contribution is 5.98. The smallest absolute Gasteiger partial charge is 0.327 e. The molecule has 2 aromatic rings. The van der Waals surface area contributed by atoms with E-state index in [1.54, 1.807) is 38.1 Å². The van der Waals surface area contributed by atoms with Gasteiger partial charge in [-0.15, -0.1) is 0 Å². The molecule has 1 heterocycles. The summed E-state index contributed by atoms with van der Waals surface area (Å²) >= 11 is 0. The quantitative estimate of drug-likeness (QED) is 0.792. The summed E-state index contributed by atoms with van der Waals surface area (Å²) in [5.41, 5.74) is 2.09. The average molecular weight is 261 g/mol. The van der Waals surface area contributed by atoms with Gasteiger partial charge in [0, 0.05) is 5.69 Å². The number of hydrogen-bond donors (Lipinski definition) is 3. The molecule has 1 unspecified atom stereocenters. The third kappa shape index (κ3) is 3.56. The highest BCUT2D eigenvalue weighted by atomic mass is 16.4. The van der Waals surface area contributed by atoms with Crippen LogP contribution in [0.4, 0.5) is 16.5 Å². The van der Waals surface area contributed by atoms with Crippen LogP contribution in [0.5, 0.6) is 0 Å². The maximum atomic E-state index is 11.6. The number of hydrogen-bond acceptors (Lipinski definition) is 4. The fourth-order valence-corrected chi connectivity index (χ4v) is 1.52. The van der Waals surface area contributed by atoms with E-state index < -0.39 is 12.1 Å². The Labute approximate surface area is 110 Å². The molecule has 0 saturated heterocycles. The van der Waals surface area contributed by atoms with Crippen molar-refractivity contribution in [3.63, 3.8) is 0 Å². The van der Waals surface area contributed by atoms with Gasteiger partial charge in [0.05, 0.1) is 11.8 Å². The van der Waals surface area contributed by atoms with E-state index in [9.17, 15) is 9.90 Å². The summed E-state index contributed by atoms with van der Waals surface area (Å²) in [7, 11) is 0. The van der Waals surface area contributed by atoms with Crippen LogP contribution < -0.4 is 10.6 Å². The molecule has 0 radical (unpaired) electrons. The summed E-state index contributed by atoms with van der Waals surface area (Å²) in [6.07, 6.45) is 0.922. The van der Waals surface area contributed by atoms with Crippen molar-refractivity contribution in [2.45, 2.75) is 20.0 Å². The number of amides is 2. The van der Waals surface area contributed by atoms with Gasteiger partial charge in [0.2, 0.25) is 0 Å². The lowest BCUT2D eigenvalue weighted by molar-refractivity contribution is 0.199. The van der Waals surface area contributed by atoms with Gasteiger partial charge in [-0.2, -0.15) is 4.98 Å². The summed E-state index contributed by atoms with van der Waals surface area (Å²) in [4.78, 5) is 15.6. The Hall–Kier alpha value is -2.34. The molecule has 0 saturated carbocycles. The van der Waals surface area contributed by atoms with Gasteiger partial charge in [-0.25, -0.2) is 4.79 Å². The number of nitrogens with one attached hydrogen (secondary N) is 2. The van der Waals surface area contributed by atoms with Gasteiger partial charge < -0.3 is 14.8 Å². The van der Waals surface area contributed by atoms with Gasteiger partial charge >= 0.3 is 12.0 Å². The third-order valence-electron chi connectivity index (χ3n) is 2.49. The van der Waals surface area contributed by atoms with Crippen LogP contribution in [-0.2, 0) is 0 Å². The second kappa shape index (κ2) is 5.53. The molecule has 19 heavy (non-hydrogen) atoms. The van der Waals surface area contributed by atoms with Crippen molar-refractivity contribution in [2.24, 2.45) is 0 Å². The van der Waals surface area contributed by atoms with Gasteiger partial charge in [-0.05, 0) is 31.5 Å². The largest absolute Gasteiger partial charge is 0.432 e. The van der Waals surface area contributed by atoms with Gasteiger partial charge in [-0.1, -0.05) is 12.1 Å². The minimum atomic E-state index is -0.529. The molecule has 6 nitrogen and oxygen atoms in total. The van der Waals surface area contributed by atoms with E-state index in [2.05, 4.69) is 15.6 Å². The molecular formula is C13H15N3O3. The van der Waals surface area contributed by atoms with Crippen LogP contribution in [-0.4, -0.2) is 16.1 Å². The SMILES string of the molecule is Cc1coc(NC(=O)Nc2ccc(C(C)O)cc2)n1. The van der Waals surface area contributed by atoms with Crippen molar-refractivity contribution >= 4 is 17.7 Å². The number of carbonyl (C=O) groups excluding carboxylic acids is 1. The number of aryl methyl sites for hydroxylation is 1. The fraction of sp³-hybridized carbons (Fsp3) is 0.231. The van der Waals surface area contributed by atoms with Gasteiger partial charge in [0.15, 0.2) is 0 Å². The summed E-state index contributed by atoms with van der Waals surface area (Å²) in [5.74, 6) is 0. The van der Waals surface area contributed by atoms with Crippen molar-refractivity contribution in [2.75, 3.05) is 10.6 Å². The molecule has 0 spiro atoms. The molecule has 3 N–H and O–H groups in total. The number of carbonyl (C=O) groups is 1. The lowest BCUT2D eigenvalue weighted by Gasteiger charge is -2.07. The lowest BCUT2D eigenvalue weighted by atomic mass is 10.1.